The molecule has 2 atom stereocenters. The predicted octanol–water partition coefficient (Wildman–Crippen LogP) is 1.17. The third-order valence-electron chi connectivity index (χ3n) is 2.84. The average Bonchev–Trinajstić information content (AvgIpc) is 2.54. The van der Waals surface area contributed by atoms with Crippen LogP contribution in [0.15, 0.2) is 18.2 Å². The van der Waals surface area contributed by atoms with Gasteiger partial charge >= 0.3 is 5.97 Å². The number of carbonyl (C=O) groups excluding carboxylic acids is 1. The summed E-state index contributed by atoms with van der Waals surface area (Å²) in [5.74, 6) is -1.02. The van der Waals surface area contributed by atoms with E-state index in [0.29, 0.717) is 6.42 Å². The van der Waals surface area contributed by atoms with Crippen LogP contribution >= 0.6 is 0 Å². The third kappa shape index (κ3) is 1.61. The first-order valence-corrected chi connectivity index (χ1v) is 4.75. The highest BCUT2D eigenvalue weighted by atomic mass is 19.1. The second kappa shape index (κ2) is 3.62. The molecule has 0 aromatic heterocycles. The minimum absolute atomic E-state index is 0.300. The van der Waals surface area contributed by atoms with Crippen LogP contribution in [0.4, 0.5) is 4.39 Å². The van der Waals surface area contributed by atoms with Gasteiger partial charge in [0.15, 0.2) is 0 Å². The monoisotopic (exact) mass is 209 g/mol. The van der Waals surface area contributed by atoms with Crippen molar-refractivity contribution in [3.8, 4) is 0 Å². The van der Waals surface area contributed by atoms with Crippen molar-refractivity contribution in [2.24, 2.45) is 11.7 Å². The molecule has 0 heterocycles. The molecule has 0 radical (unpaired) electrons. The molecule has 80 valence electrons. The highest BCUT2D eigenvalue weighted by Gasteiger charge is 2.35. The molecule has 0 saturated carbocycles. The molecule has 0 amide bonds. The predicted molar refractivity (Wildman–Crippen MR) is 52.5 cm³/mol. The fourth-order valence-electron chi connectivity index (χ4n) is 2.04. The lowest BCUT2D eigenvalue weighted by atomic mass is 10.0. The van der Waals surface area contributed by atoms with E-state index in [4.69, 9.17) is 5.73 Å². The van der Waals surface area contributed by atoms with Crippen LogP contribution in [0.2, 0.25) is 0 Å². The topological polar surface area (TPSA) is 52.3 Å². The number of hydrogen-bond acceptors (Lipinski definition) is 3. The van der Waals surface area contributed by atoms with E-state index in [9.17, 15) is 9.18 Å². The molecule has 1 aromatic carbocycles. The summed E-state index contributed by atoms with van der Waals surface area (Å²) >= 11 is 0. The van der Waals surface area contributed by atoms with Gasteiger partial charge in [0.25, 0.3) is 0 Å². The van der Waals surface area contributed by atoms with Gasteiger partial charge in [0, 0.05) is 6.04 Å². The van der Waals surface area contributed by atoms with E-state index in [2.05, 4.69) is 4.74 Å². The normalized spacial score (nSPS) is 23.7. The van der Waals surface area contributed by atoms with Crippen LogP contribution in [0, 0.1) is 11.7 Å². The molecule has 1 aliphatic carbocycles. The Balaban J connectivity index is 2.32. The number of hydrogen-bond donors (Lipinski definition) is 1. The molecule has 0 bridgehead atoms. The van der Waals surface area contributed by atoms with Crippen LogP contribution < -0.4 is 5.73 Å². The minimum atomic E-state index is -0.383. The highest BCUT2D eigenvalue weighted by molar-refractivity contribution is 5.75. The van der Waals surface area contributed by atoms with Gasteiger partial charge < -0.3 is 10.5 Å². The van der Waals surface area contributed by atoms with Crippen molar-refractivity contribution >= 4 is 5.97 Å². The summed E-state index contributed by atoms with van der Waals surface area (Å²) < 4.78 is 17.6. The number of halogens is 1. The maximum atomic E-state index is 12.9. The van der Waals surface area contributed by atoms with E-state index >= 15 is 0 Å². The molecular weight excluding hydrogens is 197 g/mol. The Morgan fingerprint density at radius 3 is 3.00 bits per heavy atom. The Morgan fingerprint density at radius 2 is 2.33 bits per heavy atom. The first-order chi connectivity index (χ1) is 7.13. The third-order valence-corrected chi connectivity index (χ3v) is 2.84. The summed E-state index contributed by atoms with van der Waals surface area (Å²) in [5, 5.41) is 0. The molecule has 1 aliphatic rings. The van der Waals surface area contributed by atoms with Crippen molar-refractivity contribution in [3.63, 3.8) is 0 Å². The van der Waals surface area contributed by atoms with Crippen LogP contribution in [0.1, 0.15) is 17.2 Å². The van der Waals surface area contributed by atoms with Crippen LogP contribution in [0.3, 0.4) is 0 Å². The van der Waals surface area contributed by atoms with Gasteiger partial charge in [-0.3, -0.25) is 4.79 Å². The van der Waals surface area contributed by atoms with Gasteiger partial charge in [0.2, 0.25) is 0 Å². The quantitative estimate of drug-likeness (QED) is 0.706. The van der Waals surface area contributed by atoms with E-state index in [1.165, 1.54) is 19.2 Å². The first kappa shape index (κ1) is 10.1. The van der Waals surface area contributed by atoms with Crippen molar-refractivity contribution in [1.29, 1.82) is 0 Å². The standard InChI is InChI=1S/C11H12FNO2/c1-15-11(14)9-5-6-4-7(12)2-3-8(6)10(9)13/h2-4,9-10H,5,13H2,1H3/t9-,10+/m1/s1. The van der Waals surface area contributed by atoms with Crippen LogP contribution in [-0.4, -0.2) is 13.1 Å². The first-order valence-electron chi connectivity index (χ1n) is 4.75. The maximum Gasteiger partial charge on any atom is 0.310 e. The van der Waals surface area contributed by atoms with E-state index in [1.807, 2.05) is 0 Å². The van der Waals surface area contributed by atoms with Gasteiger partial charge in [-0.05, 0) is 29.7 Å². The zero-order chi connectivity index (χ0) is 11.0. The van der Waals surface area contributed by atoms with Gasteiger partial charge in [0.1, 0.15) is 5.82 Å². The second-order valence-corrected chi connectivity index (χ2v) is 3.70. The lowest BCUT2D eigenvalue weighted by Crippen LogP contribution is -2.25. The van der Waals surface area contributed by atoms with Crippen LogP contribution in [0.5, 0.6) is 0 Å². The lowest BCUT2D eigenvalue weighted by molar-refractivity contribution is -0.145. The second-order valence-electron chi connectivity index (χ2n) is 3.70. The molecule has 1 aromatic rings. The Labute approximate surface area is 87.0 Å². The molecule has 0 fully saturated rings. The summed E-state index contributed by atoms with van der Waals surface area (Å²) in [6.45, 7) is 0. The summed E-state index contributed by atoms with van der Waals surface area (Å²) in [5.41, 5.74) is 7.54. The summed E-state index contributed by atoms with van der Waals surface area (Å²) in [6, 6.07) is 4.04. The molecule has 2 rings (SSSR count). The van der Waals surface area contributed by atoms with Gasteiger partial charge in [-0.15, -0.1) is 0 Å². The lowest BCUT2D eigenvalue weighted by Gasteiger charge is -2.12. The number of rotatable bonds is 1. The molecule has 0 aliphatic heterocycles. The minimum Gasteiger partial charge on any atom is -0.469 e. The maximum absolute atomic E-state index is 12.9. The number of esters is 1. The van der Waals surface area contributed by atoms with Crippen molar-refractivity contribution in [1.82, 2.24) is 0 Å². The van der Waals surface area contributed by atoms with Crippen molar-refractivity contribution < 1.29 is 13.9 Å². The number of fused-ring (bicyclic) bond motifs is 1. The van der Waals surface area contributed by atoms with E-state index in [1.54, 1.807) is 6.07 Å². The van der Waals surface area contributed by atoms with E-state index in [-0.39, 0.29) is 23.7 Å². The zero-order valence-corrected chi connectivity index (χ0v) is 8.37. The zero-order valence-electron chi connectivity index (χ0n) is 8.37. The van der Waals surface area contributed by atoms with Crippen LogP contribution in [-0.2, 0) is 16.0 Å². The smallest absolute Gasteiger partial charge is 0.310 e. The molecule has 2 N–H and O–H groups in total. The Hall–Kier alpha value is -1.42. The summed E-state index contributed by atoms with van der Waals surface area (Å²) in [6.07, 6.45) is 0.459. The molecule has 15 heavy (non-hydrogen) atoms. The fourth-order valence-corrected chi connectivity index (χ4v) is 2.04. The van der Waals surface area contributed by atoms with Crippen LogP contribution in [0.25, 0.3) is 0 Å². The van der Waals surface area contributed by atoms with Gasteiger partial charge in [0.05, 0.1) is 13.0 Å². The number of carbonyl (C=O) groups is 1. The Kier molecular flexibility index (Phi) is 2.44. The molecule has 3 nitrogen and oxygen atoms in total. The summed E-state index contributed by atoms with van der Waals surface area (Å²) in [7, 11) is 1.33. The molecule has 4 heteroatoms. The van der Waals surface area contributed by atoms with Crippen molar-refractivity contribution in [2.45, 2.75) is 12.5 Å². The number of benzene rings is 1. The van der Waals surface area contributed by atoms with Gasteiger partial charge in [-0.25, -0.2) is 4.39 Å². The van der Waals surface area contributed by atoms with Crippen molar-refractivity contribution in [3.05, 3.63) is 35.1 Å². The molecule has 0 spiro atoms. The van der Waals surface area contributed by atoms with Gasteiger partial charge in [-0.1, -0.05) is 6.07 Å². The Morgan fingerprint density at radius 1 is 1.60 bits per heavy atom. The highest BCUT2D eigenvalue weighted by Crippen LogP contribution is 2.35. The SMILES string of the molecule is COC(=O)[C@@H]1Cc2cc(F)ccc2[C@@H]1N. The van der Waals surface area contributed by atoms with Gasteiger partial charge in [-0.2, -0.15) is 0 Å². The number of ether oxygens (including phenoxy) is 1. The molecule has 0 unspecified atom stereocenters. The fraction of sp³-hybridized carbons (Fsp3) is 0.364. The van der Waals surface area contributed by atoms with E-state index < -0.39 is 0 Å². The van der Waals surface area contributed by atoms with E-state index in [0.717, 1.165) is 11.1 Å². The Bertz CT molecular complexity index is 406. The molecular formula is C11H12FNO2. The average molecular weight is 209 g/mol. The largest absolute Gasteiger partial charge is 0.469 e. The number of nitrogens with two attached hydrogens (primary N) is 1. The number of methoxy groups -OCH3 is 1. The molecule has 0 saturated heterocycles. The summed E-state index contributed by atoms with van der Waals surface area (Å²) in [4.78, 5) is 11.4. The van der Waals surface area contributed by atoms with Crippen molar-refractivity contribution in [2.75, 3.05) is 7.11 Å².